The Kier molecular flexibility index (Phi) is 8.46. The van der Waals surface area contributed by atoms with E-state index in [2.05, 4.69) is 13.8 Å². The van der Waals surface area contributed by atoms with Gasteiger partial charge in [-0.2, -0.15) is 0 Å². The molecule has 0 unspecified atom stereocenters. The Balaban J connectivity index is 0.000000362. The van der Waals surface area contributed by atoms with Crippen LogP contribution >= 0.6 is 0 Å². The lowest BCUT2D eigenvalue weighted by Gasteiger charge is -2.39. The molecule has 1 aliphatic heterocycles. The topological polar surface area (TPSA) is 55.8 Å². The summed E-state index contributed by atoms with van der Waals surface area (Å²) in [6.07, 6.45) is 2.42. The van der Waals surface area contributed by atoms with E-state index in [0.717, 1.165) is 19.3 Å². The Bertz CT molecular complexity index is 253. The summed E-state index contributed by atoms with van der Waals surface area (Å²) < 4.78 is 11.2. The summed E-state index contributed by atoms with van der Waals surface area (Å²) in [4.78, 5) is 9.95. The van der Waals surface area contributed by atoms with Crippen molar-refractivity contribution in [2.24, 2.45) is 11.8 Å². The second kappa shape index (κ2) is 8.67. The Morgan fingerprint density at radius 2 is 2.00 bits per heavy atom. The van der Waals surface area contributed by atoms with Crippen LogP contribution in [-0.2, 0) is 14.3 Å². The molecule has 114 valence electrons. The van der Waals surface area contributed by atoms with Gasteiger partial charge >= 0.3 is 0 Å². The molecule has 0 spiro atoms. The lowest BCUT2D eigenvalue weighted by molar-refractivity contribution is -0.290. The number of carbonyl (C=O) groups excluding carboxylic acids is 1. The number of rotatable bonds is 4. The second-order valence-electron chi connectivity index (χ2n) is 5.72. The fourth-order valence-corrected chi connectivity index (χ4v) is 1.90. The van der Waals surface area contributed by atoms with Gasteiger partial charge in [-0.15, -0.1) is 0 Å². The minimum Gasteiger partial charge on any atom is -0.392 e. The smallest absolute Gasteiger partial charge is 0.163 e. The zero-order valence-electron chi connectivity index (χ0n) is 13.2. The van der Waals surface area contributed by atoms with Crippen molar-refractivity contribution in [3.05, 3.63) is 0 Å². The number of ether oxygens (including phenoxy) is 2. The van der Waals surface area contributed by atoms with Gasteiger partial charge in [-0.25, -0.2) is 0 Å². The Morgan fingerprint density at radius 1 is 1.42 bits per heavy atom. The highest BCUT2D eigenvalue weighted by molar-refractivity contribution is 5.53. The molecule has 0 radical (unpaired) electrons. The molecule has 1 N–H and O–H groups in total. The lowest BCUT2D eigenvalue weighted by atomic mass is 10.0. The normalized spacial score (nSPS) is 28.8. The van der Waals surface area contributed by atoms with E-state index in [-0.39, 0.29) is 11.7 Å². The fourth-order valence-electron chi connectivity index (χ4n) is 1.90. The van der Waals surface area contributed by atoms with E-state index < -0.39 is 6.10 Å². The molecule has 1 saturated heterocycles. The van der Waals surface area contributed by atoms with E-state index >= 15 is 0 Å². The largest absolute Gasteiger partial charge is 0.392 e. The van der Waals surface area contributed by atoms with Crippen LogP contribution in [0.1, 0.15) is 54.4 Å². The molecule has 1 heterocycles. The third-order valence-corrected chi connectivity index (χ3v) is 3.41. The van der Waals surface area contributed by atoms with Crippen molar-refractivity contribution in [1.82, 2.24) is 0 Å². The summed E-state index contributed by atoms with van der Waals surface area (Å²) in [6.45, 7) is 12.7. The van der Waals surface area contributed by atoms with Crippen molar-refractivity contribution in [1.29, 1.82) is 0 Å². The molecule has 1 aliphatic rings. The van der Waals surface area contributed by atoms with Gasteiger partial charge < -0.3 is 19.4 Å². The Hall–Kier alpha value is -0.450. The van der Waals surface area contributed by atoms with Crippen LogP contribution in [0.25, 0.3) is 0 Å². The van der Waals surface area contributed by atoms with Gasteiger partial charge in [-0.05, 0) is 26.7 Å². The molecule has 0 aromatic carbocycles. The highest BCUT2D eigenvalue weighted by atomic mass is 16.7. The number of hydrogen-bond acceptors (Lipinski definition) is 4. The summed E-state index contributed by atoms with van der Waals surface area (Å²) in [5.74, 6) is -0.0410. The molecule has 1 fully saturated rings. The zero-order chi connectivity index (χ0) is 15.1. The van der Waals surface area contributed by atoms with Crippen molar-refractivity contribution in [2.75, 3.05) is 6.61 Å². The highest BCUT2D eigenvalue weighted by Crippen LogP contribution is 2.27. The van der Waals surface area contributed by atoms with Crippen LogP contribution in [0, 0.1) is 11.8 Å². The standard InChI is InChI=1S/C9H18O2.C6H12O2/c1-5-8-7(2)6-10-9(3,4)11-8;1-3-6(8)5(2)4-7/h7-8H,5-6H2,1-4H3;4-6,8H,3H2,1-2H3/t7-,8-;5-,6-/m11/s1. The van der Waals surface area contributed by atoms with Gasteiger partial charge in [0.25, 0.3) is 0 Å². The van der Waals surface area contributed by atoms with Gasteiger partial charge in [0.05, 0.1) is 18.8 Å². The first-order chi connectivity index (χ1) is 8.77. The molecular formula is C15H30O4. The summed E-state index contributed by atoms with van der Waals surface area (Å²) in [5.41, 5.74) is 0. The molecule has 0 saturated carbocycles. The summed E-state index contributed by atoms with van der Waals surface area (Å²) >= 11 is 0. The SMILES string of the molecule is CC[C@@H](O)[C@H](C)C=O.CC[C@H]1OC(C)(C)OC[C@H]1C. The van der Waals surface area contributed by atoms with E-state index in [1.54, 1.807) is 6.92 Å². The molecule has 19 heavy (non-hydrogen) atoms. The average Bonchev–Trinajstić information content (AvgIpc) is 2.40. The third kappa shape index (κ3) is 7.04. The quantitative estimate of drug-likeness (QED) is 0.801. The predicted octanol–water partition coefficient (Wildman–Crippen LogP) is 2.78. The van der Waals surface area contributed by atoms with Gasteiger partial charge in [0.2, 0.25) is 0 Å². The number of hydrogen-bond donors (Lipinski definition) is 1. The molecule has 0 bridgehead atoms. The monoisotopic (exact) mass is 274 g/mol. The van der Waals surface area contributed by atoms with Gasteiger partial charge in [0, 0.05) is 11.8 Å². The van der Waals surface area contributed by atoms with Crippen molar-refractivity contribution in [2.45, 2.75) is 72.4 Å². The van der Waals surface area contributed by atoms with Crippen molar-refractivity contribution < 1.29 is 19.4 Å². The first kappa shape index (κ1) is 18.6. The summed E-state index contributed by atoms with van der Waals surface area (Å²) in [6, 6.07) is 0. The first-order valence-electron chi connectivity index (χ1n) is 7.22. The predicted molar refractivity (Wildman–Crippen MR) is 75.9 cm³/mol. The summed E-state index contributed by atoms with van der Waals surface area (Å²) in [7, 11) is 0. The zero-order valence-corrected chi connectivity index (χ0v) is 13.2. The van der Waals surface area contributed by atoms with E-state index in [1.165, 1.54) is 0 Å². The van der Waals surface area contributed by atoms with E-state index in [0.29, 0.717) is 18.4 Å². The number of carbonyl (C=O) groups is 1. The molecular weight excluding hydrogens is 244 g/mol. The molecule has 0 aromatic heterocycles. The summed E-state index contributed by atoms with van der Waals surface area (Å²) in [5, 5.41) is 8.90. The lowest BCUT2D eigenvalue weighted by Crippen LogP contribution is -2.44. The van der Waals surface area contributed by atoms with Crippen molar-refractivity contribution in [3.8, 4) is 0 Å². The minimum absolute atomic E-state index is 0.208. The maximum absolute atomic E-state index is 9.95. The van der Waals surface area contributed by atoms with E-state index in [4.69, 9.17) is 14.6 Å². The average molecular weight is 274 g/mol. The van der Waals surface area contributed by atoms with Crippen LogP contribution in [-0.4, -0.2) is 36.0 Å². The van der Waals surface area contributed by atoms with E-state index in [9.17, 15) is 4.79 Å². The van der Waals surface area contributed by atoms with Gasteiger partial charge in [-0.1, -0.05) is 27.7 Å². The number of aliphatic hydroxyl groups excluding tert-OH is 1. The van der Waals surface area contributed by atoms with Crippen LogP contribution in [0.15, 0.2) is 0 Å². The van der Waals surface area contributed by atoms with E-state index in [1.807, 2.05) is 20.8 Å². The molecule has 0 aliphatic carbocycles. The van der Waals surface area contributed by atoms with Crippen molar-refractivity contribution >= 4 is 6.29 Å². The maximum Gasteiger partial charge on any atom is 0.163 e. The number of aldehydes is 1. The maximum atomic E-state index is 9.95. The Labute approximate surface area is 117 Å². The fraction of sp³-hybridized carbons (Fsp3) is 0.933. The van der Waals surface area contributed by atoms with Gasteiger partial charge in [-0.3, -0.25) is 0 Å². The van der Waals surface area contributed by atoms with Gasteiger partial charge in [0.1, 0.15) is 6.29 Å². The molecule has 0 amide bonds. The van der Waals surface area contributed by atoms with Crippen LogP contribution in [0.5, 0.6) is 0 Å². The van der Waals surface area contributed by atoms with Crippen LogP contribution in [0.2, 0.25) is 0 Å². The molecule has 4 heteroatoms. The minimum atomic E-state index is -0.451. The van der Waals surface area contributed by atoms with Crippen LogP contribution in [0.4, 0.5) is 0 Å². The third-order valence-electron chi connectivity index (χ3n) is 3.41. The Morgan fingerprint density at radius 3 is 2.32 bits per heavy atom. The first-order valence-corrected chi connectivity index (χ1v) is 7.22. The molecule has 1 rings (SSSR count). The molecule has 4 nitrogen and oxygen atoms in total. The number of aliphatic hydroxyl groups is 1. The highest BCUT2D eigenvalue weighted by Gasteiger charge is 2.32. The second-order valence-corrected chi connectivity index (χ2v) is 5.72. The molecule has 4 atom stereocenters. The molecule has 0 aromatic rings. The van der Waals surface area contributed by atoms with Crippen LogP contribution in [0.3, 0.4) is 0 Å². The van der Waals surface area contributed by atoms with Crippen LogP contribution < -0.4 is 0 Å². The van der Waals surface area contributed by atoms with Gasteiger partial charge in [0.15, 0.2) is 5.79 Å². The van der Waals surface area contributed by atoms with Crippen molar-refractivity contribution in [3.63, 3.8) is 0 Å².